The normalized spacial score (nSPS) is 11.3. The number of hydrogen-bond donors (Lipinski definition) is 1. The Labute approximate surface area is 168 Å². The van der Waals surface area contributed by atoms with E-state index in [9.17, 15) is 9.90 Å². The predicted molar refractivity (Wildman–Crippen MR) is 113 cm³/mol. The van der Waals surface area contributed by atoms with Gasteiger partial charge in [-0.05, 0) is 55.8 Å². The molecule has 2 aromatic carbocycles. The number of aryl methyl sites for hydroxylation is 4. The molecule has 0 atom stereocenters. The number of aromatic nitrogens is 4. The fraction of sp³-hybridized carbons (Fsp3) is 0.273. The average Bonchev–Trinajstić information content (AvgIpc) is 3.17. The Bertz CT molecular complexity index is 1290. The molecule has 0 unspecified atom stereocenters. The lowest BCUT2D eigenvalue weighted by molar-refractivity contribution is 0.318. The van der Waals surface area contributed by atoms with E-state index in [0.29, 0.717) is 12.4 Å². The first kappa shape index (κ1) is 18.9. The van der Waals surface area contributed by atoms with Crippen LogP contribution in [0.5, 0.6) is 11.5 Å². The Morgan fingerprint density at radius 3 is 2.41 bits per heavy atom. The van der Waals surface area contributed by atoms with Gasteiger partial charge < -0.3 is 9.84 Å². The summed E-state index contributed by atoms with van der Waals surface area (Å²) in [6.45, 7) is 4.38. The zero-order chi connectivity index (χ0) is 20.9. The van der Waals surface area contributed by atoms with Gasteiger partial charge in [0.05, 0.1) is 29.0 Å². The van der Waals surface area contributed by atoms with Crippen LogP contribution in [0.15, 0.2) is 41.2 Å². The zero-order valence-electron chi connectivity index (χ0n) is 17.2. The van der Waals surface area contributed by atoms with Gasteiger partial charge in [0.25, 0.3) is 0 Å². The maximum absolute atomic E-state index is 12.3. The van der Waals surface area contributed by atoms with Crippen molar-refractivity contribution in [3.05, 3.63) is 52.4 Å². The molecule has 0 aliphatic rings. The van der Waals surface area contributed by atoms with E-state index < -0.39 is 0 Å². The highest BCUT2D eigenvalue weighted by Gasteiger charge is 2.16. The van der Waals surface area contributed by atoms with Gasteiger partial charge in [-0.3, -0.25) is 13.8 Å². The topological polar surface area (TPSA) is 74.2 Å². The van der Waals surface area contributed by atoms with Crippen LogP contribution in [0.3, 0.4) is 0 Å². The first-order chi connectivity index (χ1) is 13.8. The molecule has 150 valence electrons. The molecule has 0 aliphatic heterocycles. The molecule has 7 nitrogen and oxygen atoms in total. The zero-order valence-corrected chi connectivity index (χ0v) is 17.2. The van der Waals surface area contributed by atoms with Gasteiger partial charge in [-0.2, -0.15) is 5.10 Å². The van der Waals surface area contributed by atoms with Gasteiger partial charge in [-0.1, -0.05) is 0 Å². The first-order valence-electron chi connectivity index (χ1n) is 9.48. The number of benzene rings is 2. The van der Waals surface area contributed by atoms with Crippen molar-refractivity contribution in [1.29, 1.82) is 0 Å². The van der Waals surface area contributed by atoms with Gasteiger partial charge in [0, 0.05) is 32.3 Å². The molecule has 29 heavy (non-hydrogen) atoms. The number of nitrogens with zero attached hydrogens (tertiary/aromatic N) is 4. The van der Waals surface area contributed by atoms with Gasteiger partial charge in [0.15, 0.2) is 11.5 Å². The molecule has 4 rings (SSSR count). The summed E-state index contributed by atoms with van der Waals surface area (Å²) in [5, 5.41) is 14.7. The summed E-state index contributed by atoms with van der Waals surface area (Å²) in [5.74, 6) is 0.564. The van der Waals surface area contributed by atoms with Crippen LogP contribution in [0.4, 0.5) is 0 Å². The van der Waals surface area contributed by atoms with E-state index in [2.05, 4.69) is 0 Å². The number of imidazole rings is 1. The molecule has 0 aliphatic carbocycles. The third-order valence-corrected chi connectivity index (χ3v) is 5.33. The minimum Gasteiger partial charge on any atom is -0.504 e. The standard InChI is InChI=1S/C22H24N4O3/c1-6-29-21-10-14(7-8-20(21)27)17-12-16(23-26(17)5)15-11-19-18(9-13(15)2)24(3)22(28)25(19)4/h7-12,27H,6H2,1-5H3. The van der Waals surface area contributed by atoms with Gasteiger partial charge >= 0.3 is 5.69 Å². The van der Waals surface area contributed by atoms with E-state index in [1.54, 1.807) is 29.3 Å². The van der Waals surface area contributed by atoms with Crippen LogP contribution in [0, 0.1) is 6.92 Å². The van der Waals surface area contributed by atoms with Crippen molar-refractivity contribution in [2.45, 2.75) is 13.8 Å². The summed E-state index contributed by atoms with van der Waals surface area (Å²) in [7, 11) is 5.45. The number of fused-ring (bicyclic) bond motifs is 1. The third kappa shape index (κ3) is 2.99. The van der Waals surface area contributed by atoms with Crippen molar-refractivity contribution < 1.29 is 9.84 Å². The van der Waals surface area contributed by atoms with E-state index in [-0.39, 0.29) is 11.4 Å². The summed E-state index contributed by atoms with van der Waals surface area (Å²) in [6.07, 6.45) is 0. The molecule has 0 amide bonds. The SMILES string of the molecule is CCOc1cc(-c2cc(-c3cc4c(cc3C)n(C)c(=O)n4C)nn2C)ccc1O. The fourth-order valence-corrected chi connectivity index (χ4v) is 3.74. The van der Waals surface area contributed by atoms with Crippen molar-refractivity contribution in [2.24, 2.45) is 21.1 Å². The summed E-state index contributed by atoms with van der Waals surface area (Å²) in [4.78, 5) is 12.3. The average molecular weight is 392 g/mol. The number of rotatable bonds is 4. The number of phenolic OH excluding ortho intramolecular Hbond substituents is 1. The lowest BCUT2D eigenvalue weighted by Gasteiger charge is -2.08. The molecule has 0 spiro atoms. The highest BCUT2D eigenvalue weighted by atomic mass is 16.5. The maximum Gasteiger partial charge on any atom is 0.328 e. The number of phenols is 1. The molecule has 0 radical (unpaired) electrons. The van der Waals surface area contributed by atoms with Crippen LogP contribution in [-0.2, 0) is 21.1 Å². The van der Waals surface area contributed by atoms with E-state index in [0.717, 1.165) is 39.1 Å². The summed E-state index contributed by atoms with van der Waals surface area (Å²) < 4.78 is 10.6. The lowest BCUT2D eigenvalue weighted by Crippen LogP contribution is -2.19. The summed E-state index contributed by atoms with van der Waals surface area (Å²) >= 11 is 0. The highest BCUT2D eigenvalue weighted by molar-refractivity contribution is 5.85. The molecule has 2 heterocycles. The molecule has 0 saturated heterocycles. The molecule has 2 aromatic heterocycles. The Hall–Kier alpha value is -3.48. The van der Waals surface area contributed by atoms with Crippen LogP contribution in [-0.4, -0.2) is 30.6 Å². The fourth-order valence-electron chi connectivity index (χ4n) is 3.74. The van der Waals surface area contributed by atoms with Crippen molar-refractivity contribution in [1.82, 2.24) is 18.9 Å². The van der Waals surface area contributed by atoms with E-state index in [4.69, 9.17) is 9.84 Å². The molecule has 7 heteroatoms. The van der Waals surface area contributed by atoms with E-state index in [1.807, 2.05) is 55.9 Å². The smallest absolute Gasteiger partial charge is 0.328 e. The largest absolute Gasteiger partial charge is 0.504 e. The highest BCUT2D eigenvalue weighted by Crippen LogP contribution is 2.34. The van der Waals surface area contributed by atoms with Gasteiger partial charge in [-0.25, -0.2) is 4.79 Å². The van der Waals surface area contributed by atoms with Crippen molar-refractivity contribution in [3.63, 3.8) is 0 Å². The summed E-state index contributed by atoms with van der Waals surface area (Å²) in [5.41, 5.74) is 6.37. The molecule has 4 aromatic rings. The van der Waals surface area contributed by atoms with Crippen LogP contribution in [0.1, 0.15) is 12.5 Å². The lowest BCUT2D eigenvalue weighted by atomic mass is 10.0. The van der Waals surface area contributed by atoms with Crippen LogP contribution in [0.2, 0.25) is 0 Å². The second-order valence-corrected chi connectivity index (χ2v) is 7.21. The Morgan fingerprint density at radius 1 is 1.03 bits per heavy atom. The maximum atomic E-state index is 12.3. The Balaban J connectivity index is 1.85. The molecular formula is C22H24N4O3. The number of ether oxygens (including phenoxy) is 1. The number of aromatic hydroxyl groups is 1. The molecule has 0 fully saturated rings. The Morgan fingerprint density at radius 2 is 1.72 bits per heavy atom. The second-order valence-electron chi connectivity index (χ2n) is 7.21. The van der Waals surface area contributed by atoms with Crippen molar-refractivity contribution >= 4 is 11.0 Å². The van der Waals surface area contributed by atoms with Gasteiger partial charge in [0.2, 0.25) is 0 Å². The molecule has 0 saturated carbocycles. The second kappa shape index (κ2) is 6.84. The van der Waals surface area contributed by atoms with Crippen molar-refractivity contribution in [3.8, 4) is 34.0 Å². The van der Waals surface area contributed by atoms with E-state index in [1.165, 1.54) is 0 Å². The molecule has 0 bridgehead atoms. The monoisotopic (exact) mass is 392 g/mol. The Kier molecular flexibility index (Phi) is 4.45. The minimum atomic E-state index is -0.0502. The first-order valence-corrected chi connectivity index (χ1v) is 9.48. The van der Waals surface area contributed by atoms with E-state index >= 15 is 0 Å². The third-order valence-electron chi connectivity index (χ3n) is 5.33. The van der Waals surface area contributed by atoms with Crippen molar-refractivity contribution in [2.75, 3.05) is 6.61 Å². The molecule has 1 N–H and O–H groups in total. The van der Waals surface area contributed by atoms with Crippen LogP contribution < -0.4 is 10.4 Å². The molecular weight excluding hydrogens is 368 g/mol. The van der Waals surface area contributed by atoms with Crippen LogP contribution >= 0.6 is 0 Å². The minimum absolute atomic E-state index is 0.0502. The quantitative estimate of drug-likeness (QED) is 0.578. The number of hydrogen-bond acceptors (Lipinski definition) is 4. The van der Waals surface area contributed by atoms with Gasteiger partial charge in [-0.15, -0.1) is 0 Å². The van der Waals surface area contributed by atoms with Gasteiger partial charge in [0.1, 0.15) is 0 Å². The summed E-state index contributed by atoms with van der Waals surface area (Å²) in [6, 6.07) is 11.3. The van der Waals surface area contributed by atoms with Crippen LogP contribution in [0.25, 0.3) is 33.5 Å². The predicted octanol–water partition coefficient (Wildman–Crippen LogP) is 3.36.